The predicted molar refractivity (Wildman–Crippen MR) is 71.1 cm³/mol. The van der Waals surface area contributed by atoms with E-state index < -0.39 is 4.92 Å². The number of benzene rings is 1. The van der Waals surface area contributed by atoms with Gasteiger partial charge in [-0.15, -0.1) is 0 Å². The van der Waals surface area contributed by atoms with Gasteiger partial charge in [0.15, 0.2) is 0 Å². The van der Waals surface area contributed by atoms with Gasteiger partial charge < -0.3 is 4.98 Å². The van der Waals surface area contributed by atoms with Crippen LogP contribution in [0.25, 0.3) is 11.4 Å². The summed E-state index contributed by atoms with van der Waals surface area (Å²) in [7, 11) is 0. The molecule has 0 radical (unpaired) electrons. The van der Waals surface area contributed by atoms with Gasteiger partial charge in [0.1, 0.15) is 5.82 Å². The van der Waals surface area contributed by atoms with Crippen LogP contribution in [-0.4, -0.2) is 14.9 Å². The summed E-state index contributed by atoms with van der Waals surface area (Å²) >= 11 is 0. The first-order chi connectivity index (χ1) is 9.02. The third kappa shape index (κ3) is 2.52. The first-order valence-electron chi connectivity index (χ1n) is 5.87. The first-order valence-corrected chi connectivity index (χ1v) is 5.87. The van der Waals surface area contributed by atoms with E-state index in [9.17, 15) is 14.9 Å². The third-order valence-corrected chi connectivity index (χ3v) is 2.93. The normalized spacial score (nSPS) is 10.4. The van der Waals surface area contributed by atoms with Gasteiger partial charge in [-0.1, -0.05) is 6.92 Å². The summed E-state index contributed by atoms with van der Waals surface area (Å²) in [5.74, 6) is 0.426. The van der Waals surface area contributed by atoms with Crippen LogP contribution in [0.4, 0.5) is 5.69 Å². The minimum Gasteiger partial charge on any atom is -0.306 e. The molecule has 0 atom stereocenters. The highest BCUT2D eigenvalue weighted by atomic mass is 16.6. The second-order valence-corrected chi connectivity index (χ2v) is 4.14. The smallest absolute Gasteiger partial charge is 0.269 e. The van der Waals surface area contributed by atoms with E-state index in [1.807, 2.05) is 6.92 Å². The summed E-state index contributed by atoms with van der Waals surface area (Å²) in [6, 6.07) is 5.92. The van der Waals surface area contributed by atoms with Crippen LogP contribution >= 0.6 is 0 Å². The minimum atomic E-state index is -0.467. The van der Waals surface area contributed by atoms with Crippen molar-refractivity contribution in [1.29, 1.82) is 0 Å². The van der Waals surface area contributed by atoms with Crippen LogP contribution in [0, 0.1) is 17.0 Å². The van der Waals surface area contributed by atoms with E-state index in [-0.39, 0.29) is 11.2 Å². The fourth-order valence-corrected chi connectivity index (χ4v) is 1.90. The quantitative estimate of drug-likeness (QED) is 0.676. The lowest BCUT2D eigenvalue weighted by molar-refractivity contribution is -0.384. The fourth-order valence-electron chi connectivity index (χ4n) is 1.90. The molecule has 0 amide bonds. The molecule has 1 N–H and O–H groups in total. The lowest BCUT2D eigenvalue weighted by Crippen LogP contribution is -2.16. The highest BCUT2D eigenvalue weighted by Gasteiger charge is 2.09. The van der Waals surface area contributed by atoms with Gasteiger partial charge in [-0.05, 0) is 25.5 Å². The Morgan fingerprint density at radius 3 is 2.42 bits per heavy atom. The van der Waals surface area contributed by atoms with Crippen LogP contribution in [0.3, 0.4) is 0 Å². The summed E-state index contributed by atoms with van der Waals surface area (Å²) in [5.41, 5.74) is 1.83. The summed E-state index contributed by atoms with van der Waals surface area (Å²) in [6.45, 7) is 3.67. The van der Waals surface area contributed by atoms with Crippen molar-refractivity contribution in [3.8, 4) is 11.4 Å². The van der Waals surface area contributed by atoms with E-state index in [2.05, 4.69) is 9.97 Å². The Morgan fingerprint density at radius 1 is 1.32 bits per heavy atom. The molecule has 1 aromatic carbocycles. The number of nitrogens with one attached hydrogen (secondary N) is 1. The van der Waals surface area contributed by atoms with Crippen molar-refractivity contribution in [2.75, 3.05) is 0 Å². The zero-order valence-corrected chi connectivity index (χ0v) is 10.6. The molecule has 0 saturated heterocycles. The van der Waals surface area contributed by atoms with E-state index in [1.54, 1.807) is 19.1 Å². The Morgan fingerprint density at radius 2 is 1.95 bits per heavy atom. The number of H-pyrrole nitrogens is 1. The van der Waals surface area contributed by atoms with Gasteiger partial charge in [-0.2, -0.15) is 0 Å². The molecule has 6 heteroatoms. The monoisotopic (exact) mass is 259 g/mol. The summed E-state index contributed by atoms with van der Waals surface area (Å²) in [6.07, 6.45) is 0.620. The van der Waals surface area contributed by atoms with E-state index in [0.29, 0.717) is 29.1 Å². The average Bonchev–Trinajstić information content (AvgIpc) is 2.38. The van der Waals surface area contributed by atoms with Gasteiger partial charge in [0, 0.05) is 29.0 Å². The number of nitro benzene ring substituents is 1. The van der Waals surface area contributed by atoms with E-state index in [0.717, 1.165) is 0 Å². The standard InChI is InChI=1S/C13H13N3O3/c1-3-11-8(2)14-12(15-13(11)17)9-4-6-10(7-5-9)16(18)19/h4-7H,3H2,1-2H3,(H,14,15,17). The Hall–Kier alpha value is -2.50. The molecular weight excluding hydrogens is 246 g/mol. The van der Waals surface area contributed by atoms with E-state index in [4.69, 9.17) is 0 Å². The van der Waals surface area contributed by atoms with Gasteiger partial charge >= 0.3 is 0 Å². The number of nitro groups is 1. The largest absolute Gasteiger partial charge is 0.306 e. The van der Waals surface area contributed by atoms with Crippen LogP contribution in [-0.2, 0) is 6.42 Å². The van der Waals surface area contributed by atoms with Gasteiger partial charge in [-0.3, -0.25) is 14.9 Å². The molecule has 0 aliphatic heterocycles. The van der Waals surface area contributed by atoms with E-state index in [1.165, 1.54) is 12.1 Å². The van der Waals surface area contributed by atoms with Crippen LogP contribution in [0.5, 0.6) is 0 Å². The molecule has 98 valence electrons. The molecule has 0 spiro atoms. The number of rotatable bonds is 3. The Kier molecular flexibility index (Phi) is 3.41. The van der Waals surface area contributed by atoms with Crippen molar-refractivity contribution >= 4 is 5.69 Å². The molecule has 19 heavy (non-hydrogen) atoms. The van der Waals surface area contributed by atoms with Gasteiger partial charge in [0.05, 0.1) is 4.92 Å². The van der Waals surface area contributed by atoms with Crippen molar-refractivity contribution in [2.24, 2.45) is 0 Å². The highest BCUT2D eigenvalue weighted by molar-refractivity contribution is 5.57. The number of aryl methyl sites for hydroxylation is 1. The van der Waals surface area contributed by atoms with Crippen molar-refractivity contribution in [1.82, 2.24) is 9.97 Å². The number of aromatic nitrogens is 2. The zero-order chi connectivity index (χ0) is 14.0. The van der Waals surface area contributed by atoms with E-state index >= 15 is 0 Å². The number of aromatic amines is 1. The molecule has 1 aromatic heterocycles. The first kappa shape index (κ1) is 12.9. The maximum absolute atomic E-state index is 11.8. The summed E-state index contributed by atoms with van der Waals surface area (Å²) in [5, 5.41) is 10.6. The molecule has 0 aliphatic carbocycles. The van der Waals surface area contributed by atoms with Crippen molar-refractivity contribution in [2.45, 2.75) is 20.3 Å². The van der Waals surface area contributed by atoms with Crippen molar-refractivity contribution in [3.05, 3.63) is 56.0 Å². The van der Waals surface area contributed by atoms with Crippen molar-refractivity contribution in [3.63, 3.8) is 0 Å². The predicted octanol–water partition coefficient (Wildman–Crippen LogP) is 2.22. The minimum absolute atomic E-state index is 0.00740. The number of hydrogen-bond acceptors (Lipinski definition) is 4. The molecule has 0 saturated carbocycles. The third-order valence-electron chi connectivity index (χ3n) is 2.93. The van der Waals surface area contributed by atoms with Gasteiger partial charge in [-0.25, -0.2) is 4.98 Å². The highest BCUT2D eigenvalue weighted by Crippen LogP contribution is 2.19. The molecule has 0 fully saturated rings. The summed E-state index contributed by atoms with van der Waals surface area (Å²) < 4.78 is 0. The average molecular weight is 259 g/mol. The second-order valence-electron chi connectivity index (χ2n) is 4.14. The molecule has 1 heterocycles. The number of hydrogen-bond donors (Lipinski definition) is 1. The molecule has 2 rings (SSSR count). The maximum atomic E-state index is 11.8. The maximum Gasteiger partial charge on any atom is 0.269 e. The van der Waals surface area contributed by atoms with Crippen molar-refractivity contribution < 1.29 is 4.92 Å². The van der Waals surface area contributed by atoms with Crippen LogP contribution in [0.1, 0.15) is 18.2 Å². The molecule has 0 unspecified atom stereocenters. The topological polar surface area (TPSA) is 88.9 Å². The van der Waals surface area contributed by atoms with Crippen LogP contribution < -0.4 is 5.56 Å². The molecule has 2 aromatic rings. The number of nitrogens with zero attached hydrogens (tertiary/aromatic N) is 2. The molecular formula is C13H13N3O3. The second kappa shape index (κ2) is 5.01. The molecule has 0 aliphatic rings. The fraction of sp³-hybridized carbons (Fsp3) is 0.231. The lowest BCUT2D eigenvalue weighted by Gasteiger charge is -2.05. The Balaban J connectivity index is 2.48. The summed E-state index contributed by atoms with van der Waals surface area (Å²) in [4.78, 5) is 29.0. The Labute approximate surface area is 109 Å². The van der Waals surface area contributed by atoms with Crippen LogP contribution in [0.2, 0.25) is 0 Å². The number of non-ortho nitro benzene ring substituents is 1. The van der Waals surface area contributed by atoms with Gasteiger partial charge in [0.2, 0.25) is 0 Å². The molecule has 0 bridgehead atoms. The SMILES string of the molecule is CCc1c(C)nc(-c2ccc([N+](=O)[O-])cc2)[nH]c1=O. The zero-order valence-electron chi connectivity index (χ0n) is 10.6. The lowest BCUT2D eigenvalue weighted by atomic mass is 10.1. The van der Waals surface area contributed by atoms with Gasteiger partial charge in [0.25, 0.3) is 11.2 Å². The molecule has 6 nitrogen and oxygen atoms in total. The Bertz CT molecular complexity index is 675. The van der Waals surface area contributed by atoms with Crippen LogP contribution in [0.15, 0.2) is 29.1 Å².